The average Bonchev–Trinajstić information content (AvgIpc) is 2.65. The Bertz CT molecular complexity index is 821. The Kier molecular flexibility index (Phi) is 5.60. The third-order valence-electron chi connectivity index (χ3n) is 4.48. The summed E-state index contributed by atoms with van der Waals surface area (Å²) in [5, 5.41) is 0. The van der Waals surface area contributed by atoms with Gasteiger partial charge in [0.25, 0.3) is 0 Å². The van der Waals surface area contributed by atoms with Gasteiger partial charge in [0.2, 0.25) is 0 Å². The van der Waals surface area contributed by atoms with Crippen molar-refractivity contribution in [3.05, 3.63) is 83.9 Å². The summed E-state index contributed by atoms with van der Waals surface area (Å²) >= 11 is 0. The fraction of sp³-hybridized carbons (Fsp3) is 0.217. The topological polar surface area (TPSA) is 0 Å². The summed E-state index contributed by atoms with van der Waals surface area (Å²) < 4.78 is 29.1. The molecule has 0 nitrogen and oxygen atoms in total. The van der Waals surface area contributed by atoms with Gasteiger partial charge in [-0.3, -0.25) is 0 Å². The fourth-order valence-electron chi connectivity index (χ4n) is 3.04. The van der Waals surface area contributed by atoms with Crippen molar-refractivity contribution >= 4 is 0 Å². The highest BCUT2D eigenvalue weighted by Crippen LogP contribution is 2.31. The molecule has 0 aliphatic carbocycles. The molecule has 3 aromatic rings. The van der Waals surface area contributed by atoms with Crippen LogP contribution in [-0.2, 0) is 6.42 Å². The molecule has 0 unspecified atom stereocenters. The summed E-state index contributed by atoms with van der Waals surface area (Å²) in [5.74, 6) is -0.811. The number of halogens is 2. The summed E-state index contributed by atoms with van der Waals surface area (Å²) in [7, 11) is 0. The lowest BCUT2D eigenvalue weighted by molar-refractivity contribution is 0.606. The van der Waals surface area contributed by atoms with Crippen molar-refractivity contribution in [2.24, 2.45) is 0 Å². The maximum absolute atomic E-state index is 14.6. The van der Waals surface area contributed by atoms with Crippen LogP contribution < -0.4 is 0 Å². The van der Waals surface area contributed by atoms with Gasteiger partial charge in [0, 0.05) is 11.1 Å². The Morgan fingerprint density at radius 2 is 1.24 bits per heavy atom. The second kappa shape index (κ2) is 8.06. The second-order valence-electron chi connectivity index (χ2n) is 6.33. The van der Waals surface area contributed by atoms with Crippen LogP contribution in [0.3, 0.4) is 0 Å². The molecule has 25 heavy (non-hydrogen) atoms. The average molecular weight is 336 g/mol. The van der Waals surface area contributed by atoms with Gasteiger partial charge >= 0.3 is 0 Å². The van der Waals surface area contributed by atoms with Crippen LogP contribution in [0.2, 0.25) is 0 Å². The third kappa shape index (κ3) is 4.14. The van der Waals surface area contributed by atoms with Crippen LogP contribution in [0.5, 0.6) is 0 Å². The standard InChI is InChI=1S/C23H22F2/c1-2-3-5-8-17-11-13-19(14-12-17)21-16-22(24)20(15-23(21)25)18-9-6-4-7-10-18/h4,6-7,9-16H,2-3,5,8H2,1H3. The quantitative estimate of drug-likeness (QED) is 0.424. The zero-order valence-corrected chi connectivity index (χ0v) is 14.4. The minimum Gasteiger partial charge on any atom is -0.206 e. The van der Waals surface area contributed by atoms with Gasteiger partial charge in [-0.05, 0) is 41.7 Å². The van der Waals surface area contributed by atoms with E-state index in [1.807, 2.05) is 42.5 Å². The molecule has 0 radical (unpaired) electrons. The highest BCUT2D eigenvalue weighted by molar-refractivity contribution is 5.71. The molecule has 0 atom stereocenters. The Balaban J connectivity index is 1.87. The maximum atomic E-state index is 14.6. The van der Waals surface area contributed by atoms with Gasteiger partial charge in [-0.15, -0.1) is 0 Å². The first-order valence-electron chi connectivity index (χ1n) is 8.83. The summed E-state index contributed by atoms with van der Waals surface area (Å²) in [6, 6.07) is 19.4. The Labute approximate surface area is 148 Å². The van der Waals surface area contributed by atoms with Gasteiger partial charge in [-0.25, -0.2) is 8.78 Å². The lowest BCUT2D eigenvalue weighted by Crippen LogP contribution is -1.92. The van der Waals surface area contributed by atoms with E-state index in [0.717, 1.165) is 12.8 Å². The Morgan fingerprint density at radius 1 is 0.680 bits per heavy atom. The summed E-state index contributed by atoms with van der Waals surface area (Å²) in [4.78, 5) is 0. The second-order valence-corrected chi connectivity index (χ2v) is 6.33. The number of hydrogen-bond acceptors (Lipinski definition) is 0. The molecule has 0 N–H and O–H groups in total. The van der Waals surface area contributed by atoms with Crippen LogP contribution in [-0.4, -0.2) is 0 Å². The first-order valence-corrected chi connectivity index (χ1v) is 8.83. The lowest BCUT2D eigenvalue weighted by atomic mass is 9.97. The van der Waals surface area contributed by atoms with E-state index in [-0.39, 0.29) is 5.56 Å². The van der Waals surface area contributed by atoms with Crippen molar-refractivity contribution in [1.29, 1.82) is 0 Å². The monoisotopic (exact) mass is 336 g/mol. The smallest absolute Gasteiger partial charge is 0.131 e. The number of benzene rings is 3. The number of hydrogen-bond donors (Lipinski definition) is 0. The molecule has 0 aromatic heterocycles. The molecule has 0 bridgehead atoms. The molecular formula is C23H22F2. The third-order valence-corrected chi connectivity index (χ3v) is 4.48. The molecule has 0 amide bonds. The van der Waals surface area contributed by atoms with Crippen LogP contribution in [0.15, 0.2) is 66.7 Å². The van der Waals surface area contributed by atoms with Crippen LogP contribution >= 0.6 is 0 Å². The molecule has 0 aliphatic heterocycles. The van der Waals surface area contributed by atoms with Gasteiger partial charge in [0.05, 0.1) is 0 Å². The van der Waals surface area contributed by atoms with E-state index < -0.39 is 11.6 Å². The van der Waals surface area contributed by atoms with Gasteiger partial charge in [0.15, 0.2) is 0 Å². The Hall–Kier alpha value is -2.48. The molecule has 0 aliphatic rings. The minimum atomic E-state index is -0.408. The van der Waals surface area contributed by atoms with E-state index in [1.54, 1.807) is 12.1 Å². The van der Waals surface area contributed by atoms with Gasteiger partial charge in [0.1, 0.15) is 11.6 Å². The molecular weight excluding hydrogens is 314 g/mol. The van der Waals surface area contributed by atoms with E-state index in [4.69, 9.17) is 0 Å². The first kappa shape index (κ1) is 17.3. The van der Waals surface area contributed by atoms with Gasteiger partial charge in [-0.2, -0.15) is 0 Å². The van der Waals surface area contributed by atoms with Crippen LogP contribution in [0.1, 0.15) is 31.7 Å². The van der Waals surface area contributed by atoms with Gasteiger partial charge < -0.3 is 0 Å². The van der Waals surface area contributed by atoms with Crippen molar-refractivity contribution < 1.29 is 8.78 Å². The molecule has 0 saturated heterocycles. The van der Waals surface area contributed by atoms with Crippen LogP contribution in [0, 0.1) is 11.6 Å². The van der Waals surface area contributed by atoms with E-state index in [1.165, 1.54) is 30.5 Å². The maximum Gasteiger partial charge on any atom is 0.131 e. The number of aryl methyl sites for hydroxylation is 1. The van der Waals surface area contributed by atoms with Crippen molar-refractivity contribution in [1.82, 2.24) is 0 Å². The van der Waals surface area contributed by atoms with Crippen molar-refractivity contribution in [3.8, 4) is 22.3 Å². The first-order chi connectivity index (χ1) is 12.2. The van der Waals surface area contributed by atoms with Crippen LogP contribution in [0.4, 0.5) is 8.78 Å². The van der Waals surface area contributed by atoms with Gasteiger partial charge in [-0.1, -0.05) is 74.4 Å². The molecule has 128 valence electrons. The SMILES string of the molecule is CCCCCc1ccc(-c2cc(F)c(-c3ccccc3)cc2F)cc1. The molecule has 0 spiro atoms. The van der Waals surface area contributed by atoms with E-state index in [0.29, 0.717) is 16.7 Å². The fourth-order valence-corrected chi connectivity index (χ4v) is 3.04. The molecule has 0 heterocycles. The van der Waals surface area contributed by atoms with E-state index in [9.17, 15) is 8.78 Å². The number of rotatable bonds is 6. The summed E-state index contributed by atoms with van der Waals surface area (Å²) in [6.45, 7) is 2.18. The molecule has 3 rings (SSSR count). The molecule has 0 saturated carbocycles. The highest BCUT2D eigenvalue weighted by Gasteiger charge is 2.13. The predicted molar refractivity (Wildman–Crippen MR) is 100 cm³/mol. The normalized spacial score (nSPS) is 10.8. The van der Waals surface area contributed by atoms with E-state index >= 15 is 0 Å². The lowest BCUT2D eigenvalue weighted by Gasteiger charge is -2.10. The van der Waals surface area contributed by atoms with Crippen molar-refractivity contribution in [3.63, 3.8) is 0 Å². The van der Waals surface area contributed by atoms with E-state index in [2.05, 4.69) is 6.92 Å². The van der Waals surface area contributed by atoms with Crippen LogP contribution in [0.25, 0.3) is 22.3 Å². The highest BCUT2D eigenvalue weighted by atomic mass is 19.1. The summed E-state index contributed by atoms with van der Waals surface area (Å²) in [6.07, 6.45) is 4.58. The zero-order chi connectivity index (χ0) is 17.6. The minimum absolute atomic E-state index is 0.290. The predicted octanol–water partition coefficient (Wildman–Crippen LogP) is 7.03. The zero-order valence-electron chi connectivity index (χ0n) is 14.4. The largest absolute Gasteiger partial charge is 0.206 e. The summed E-state index contributed by atoms with van der Waals surface area (Å²) in [5.41, 5.74) is 3.21. The Morgan fingerprint density at radius 3 is 1.80 bits per heavy atom. The molecule has 0 fully saturated rings. The van der Waals surface area contributed by atoms with Crippen molar-refractivity contribution in [2.75, 3.05) is 0 Å². The van der Waals surface area contributed by atoms with Crippen molar-refractivity contribution in [2.45, 2.75) is 32.6 Å². The number of unbranched alkanes of at least 4 members (excludes halogenated alkanes) is 2. The molecule has 3 aromatic carbocycles. The molecule has 2 heteroatoms.